The zero-order valence-electron chi connectivity index (χ0n) is 18.2. The van der Waals surface area contributed by atoms with E-state index in [0.717, 1.165) is 0 Å². The van der Waals surface area contributed by atoms with Crippen molar-refractivity contribution in [3.63, 3.8) is 0 Å². The largest absolute Gasteiger partial charge is 0.350 e. The Hall–Kier alpha value is -3.05. The fraction of sp³-hybridized carbons (Fsp3) is 0.409. The lowest BCUT2D eigenvalue weighted by Crippen LogP contribution is -2.44. The second-order valence-electron chi connectivity index (χ2n) is 8.65. The molecular weight excluding hydrogens is 475 g/mol. The van der Waals surface area contributed by atoms with Crippen molar-refractivity contribution < 1.29 is 27.5 Å². The van der Waals surface area contributed by atoms with Gasteiger partial charge in [0.15, 0.2) is 0 Å². The van der Waals surface area contributed by atoms with E-state index in [1.165, 1.54) is 23.2 Å². The first-order chi connectivity index (χ1) is 16.2. The van der Waals surface area contributed by atoms with Gasteiger partial charge in [-0.15, -0.1) is 0 Å². The number of nitrogens with one attached hydrogen (secondary N) is 1. The van der Waals surface area contributed by atoms with E-state index < -0.39 is 18.0 Å². The van der Waals surface area contributed by atoms with Gasteiger partial charge in [-0.1, -0.05) is 11.6 Å². The quantitative estimate of drug-likeness (QED) is 0.566. The number of aromatic nitrogens is 3. The number of ether oxygens (including phenoxy) is 1. The summed E-state index contributed by atoms with van der Waals surface area (Å²) in [7, 11) is 1.56. The van der Waals surface area contributed by atoms with Crippen molar-refractivity contribution in [1.82, 2.24) is 24.6 Å². The molecule has 12 heteroatoms. The van der Waals surface area contributed by atoms with Crippen molar-refractivity contribution in [2.24, 2.45) is 0 Å². The van der Waals surface area contributed by atoms with Gasteiger partial charge >= 0.3 is 6.61 Å². The second-order valence-corrected chi connectivity index (χ2v) is 9.06. The topological polar surface area (TPSA) is 83.5 Å². The average Bonchev–Trinajstić information content (AvgIpc) is 3.32. The number of amides is 2. The number of carbonyl (C=O) groups excluding carboxylic acids is 2. The van der Waals surface area contributed by atoms with Gasteiger partial charge in [0.25, 0.3) is 11.8 Å². The summed E-state index contributed by atoms with van der Waals surface area (Å²) in [5, 5.41) is 4.75. The van der Waals surface area contributed by atoms with Crippen molar-refractivity contribution in [3.8, 4) is 0 Å². The van der Waals surface area contributed by atoms with E-state index in [1.807, 2.05) is 0 Å². The van der Waals surface area contributed by atoms with Crippen LogP contribution in [0.15, 0.2) is 24.4 Å². The highest BCUT2D eigenvalue weighted by Gasteiger charge is 2.50. The van der Waals surface area contributed by atoms with Crippen molar-refractivity contribution in [1.29, 1.82) is 0 Å². The van der Waals surface area contributed by atoms with E-state index in [4.69, 9.17) is 11.6 Å². The third-order valence-electron chi connectivity index (χ3n) is 6.60. The minimum Gasteiger partial charge on any atom is -0.350 e. The third kappa shape index (κ3) is 3.92. The Labute approximate surface area is 197 Å². The monoisotopic (exact) mass is 495 g/mol. The molecule has 2 amide bonds. The first-order valence-electron chi connectivity index (χ1n) is 10.7. The highest BCUT2D eigenvalue weighted by Crippen LogP contribution is 2.42. The summed E-state index contributed by atoms with van der Waals surface area (Å²) in [6, 6.07) is 4.24. The van der Waals surface area contributed by atoms with Crippen LogP contribution in [0.25, 0.3) is 10.9 Å². The predicted molar refractivity (Wildman–Crippen MR) is 116 cm³/mol. The Morgan fingerprint density at radius 1 is 1.29 bits per heavy atom. The number of carbonyl (C=O) groups is 2. The molecular formula is C22H21ClF3N5O3. The first kappa shape index (κ1) is 22.7. The number of aromatic amines is 1. The molecule has 1 aliphatic heterocycles. The molecule has 0 saturated heterocycles. The molecule has 34 heavy (non-hydrogen) atoms. The van der Waals surface area contributed by atoms with Gasteiger partial charge in [-0.25, -0.2) is 4.39 Å². The van der Waals surface area contributed by atoms with Crippen LogP contribution in [0.4, 0.5) is 13.2 Å². The Morgan fingerprint density at radius 2 is 2.06 bits per heavy atom. The number of hydrogen-bond donors (Lipinski definition) is 1. The highest BCUT2D eigenvalue weighted by atomic mass is 35.5. The molecule has 0 bridgehead atoms. The van der Waals surface area contributed by atoms with Gasteiger partial charge in [0.1, 0.15) is 11.5 Å². The molecule has 0 unspecified atom stereocenters. The Bertz CT molecular complexity index is 1250. The van der Waals surface area contributed by atoms with Crippen molar-refractivity contribution >= 4 is 34.3 Å². The molecule has 0 atom stereocenters. The molecule has 0 spiro atoms. The van der Waals surface area contributed by atoms with Crippen molar-refractivity contribution in [2.45, 2.75) is 38.1 Å². The zero-order valence-corrected chi connectivity index (χ0v) is 18.9. The van der Waals surface area contributed by atoms with Crippen LogP contribution >= 0.6 is 11.6 Å². The minimum atomic E-state index is -2.90. The standard InChI is InChI=1S/C22H21ClF3N5O3/c1-29(22(2-3-22)11-34-21(25)26)19(32)13-9-27-31-5-4-30(10-18(13)31)20(33)17-7-12-6-15(24)14(23)8-16(12)28-17/h6-9,21,28H,2-5,10-11H2,1H3. The molecule has 1 saturated carbocycles. The summed E-state index contributed by atoms with van der Waals surface area (Å²) >= 11 is 5.83. The molecule has 1 N–H and O–H groups in total. The van der Waals surface area contributed by atoms with E-state index in [-0.39, 0.29) is 35.7 Å². The number of rotatable bonds is 6. The van der Waals surface area contributed by atoms with Crippen molar-refractivity contribution in [3.05, 3.63) is 52.2 Å². The maximum atomic E-state index is 13.8. The molecule has 3 aromatic rings. The number of fused-ring (bicyclic) bond motifs is 2. The molecule has 8 nitrogen and oxygen atoms in total. The van der Waals surface area contributed by atoms with Crippen LogP contribution in [-0.2, 0) is 17.8 Å². The summed E-state index contributed by atoms with van der Waals surface area (Å²) in [6.45, 7) is -2.25. The van der Waals surface area contributed by atoms with Crippen LogP contribution in [0.3, 0.4) is 0 Å². The molecule has 180 valence electrons. The number of likely N-dealkylation sites (N-methyl/N-ethyl adjacent to an activating group) is 1. The van der Waals surface area contributed by atoms with Crippen molar-refractivity contribution in [2.75, 3.05) is 20.2 Å². The van der Waals surface area contributed by atoms with Crippen LogP contribution in [-0.4, -0.2) is 68.7 Å². The number of alkyl halides is 2. The van der Waals surface area contributed by atoms with Gasteiger partial charge in [0.2, 0.25) is 0 Å². The highest BCUT2D eigenvalue weighted by molar-refractivity contribution is 6.31. The minimum absolute atomic E-state index is 0.0464. The molecule has 5 rings (SSSR count). The van der Waals surface area contributed by atoms with Gasteiger partial charge < -0.3 is 19.5 Å². The van der Waals surface area contributed by atoms with Crippen LogP contribution in [0.5, 0.6) is 0 Å². The summed E-state index contributed by atoms with van der Waals surface area (Å²) < 4.78 is 44.9. The number of benzene rings is 1. The average molecular weight is 496 g/mol. The zero-order chi connectivity index (χ0) is 24.2. The number of nitrogens with zero attached hydrogens (tertiary/aromatic N) is 4. The van der Waals surface area contributed by atoms with Crippen LogP contribution in [0.1, 0.15) is 39.4 Å². The summed E-state index contributed by atoms with van der Waals surface area (Å²) in [5.41, 5.74) is 0.930. The fourth-order valence-corrected chi connectivity index (χ4v) is 4.51. The first-order valence-corrected chi connectivity index (χ1v) is 11.1. The van der Waals surface area contributed by atoms with Crippen LogP contribution in [0, 0.1) is 5.82 Å². The lowest BCUT2D eigenvalue weighted by Gasteiger charge is -2.30. The SMILES string of the molecule is CN(C(=O)c1cnn2c1CN(C(=O)c1cc3cc(F)c(Cl)cc3[nH]1)CC2)C1(COC(F)F)CC1. The van der Waals surface area contributed by atoms with Gasteiger partial charge in [-0.3, -0.25) is 14.3 Å². The predicted octanol–water partition coefficient (Wildman–Crippen LogP) is 3.66. The molecule has 2 aromatic heterocycles. The number of halogens is 4. The molecule has 0 radical (unpaired) electrons. The van der Waals surface area contributed by atoms with E-state index in [2.05, 4.69) is 14.8 Å². The summed E-state index contributed by atoms with van der Waals surface area (Å²) in [6.07, 6.45) is 2.59. The number of hydrogen-bond acceptors (Lipinski definition) is 4. The Kier molecular flexibility index (Phi) is 5.56. The molecule has 2 aliphatic rings. The molecule has 1 aliphatic carbocycles. The molecule has 1 fully saturated rings. The van der Waals surface area contributed by atoms with Crippen LogP contribution in [0.2, 0.25) is 5.02 Å². The maximum Gasteiger partial charge on any atom is 0.345 e. The van der Waals surface area contributed by atoms with Gasteiger partial charge in [0.05, 0.1) is 47.7 Å². The van der Waals surface area contributed by atoms with Gasteiger partial charge in [-0.2, -0.15) is 13.9 Å². The Balaban J connectivity index is 1.35. The summed E-state index contributed by atoms with van der Waals surface area (Å²) in [5.74, 6) is -1.24. The second kappa shape index (κ2) is 8.31. The van der Waals surface area contributed by atoms with E-state index in [9.17, 15) is 22.8 Å². The van der Waals surface area contributed by atoms with Gasteiger partial charge in [0, 0.05) is 24.5 Å². The van der Waals surface area contributed by atoms with Gasteiger partial charge in [-0.05, 0) is 31.0 Å². The lowest BCUT2D eigenvalue weighted by atomic mass is 10.1. The Morgan fingerprint density at radius 3 is 2.76 bits per heavy atom. The van der Waals surface area contributed by atoms with E-state index >= 15 is 0 Å². The fourth-order valence-electron chi connectivity index (χ4n) is 4.34. The number of H-pyrrole nitrogens is 1. The summed E-state index contributed by atoms with van der Waals surface area (Å²) in [4.78, 5) is 32.3. The molecule has 3 heterocycles. The lowest BCUT2D eigenvalue weighted by molar-refractivity contribution is -0.141. The maximum absolute atomic E-state index is 13.8. The van der Waals surface area contributed by atoms with E-state index in [1.54, 1.807) is 22.7 Å². The molecule has 1 aromatic carbocycles. The van der Waals surface area contributed by atoms with E-state index in [0.29, 0.717) is 48.1 Å². The third-order valence-corrected chi connectivity index (χ3v) is 6.89. The van der Waals surface area contributed by atoms with Crippen LogP contribution < -0.4 is 0 Å². The smallest absolute Gasteiger partial charge is 0.345 e. The normalized spacial score (nSPS) is 16.7.